The summed E-state index contributed by atoms with van der Waals surface area (Å²) in [5.74, 6) is 0. The van der Waals surface area contributed by atoms with Crippen molar-refractivity contribution in [2.45, 2.75) is 13.3 Å². The van der Waals surface area contributed by atoms with E-state index in [2.05, 4.69) is 0 Å². The lowest BCUT2D eigenvalue weighted by Crippen LogP contribution is -2.22. The molecule has 5 nitrogen and oxygen atoms in total. The second kappa shape index (κ2) is 7.02. The quantitative estimate of drug-likeness (QED) is 0.298. The molecule has 13 heavy (non-hydrogen) atoms. The van der Waals surface area contributed by atoms with Crippen LogP contribution in [0.25, 0.3) is 0 Å². The summed E-state index contributed by atoms with van der Waals surface area (Å²) in [5, 5.41) is 19.6. The van der Waals surface area contributed by atoms with Gasteiger partial charge in [-0.3, -0.25) is 10.1 Å². The van der Waals surface area contributed by atoms with Gasteiger partial charge in [-0.15, -0.1) is 0 Å². The van der Waals surface area contributed by atoms with Gasteiger partial charge in [0, 0.05) is 23.5 Å². The van der Waals surface area contributed by atoms with Crippen LogP contribution in [-0.4, -0.2) is 11.5 Å². The fourth-order valence-electron chi connectivity index (χ4n) is 0.565. The number of nitro groups is 1. The Morgan fingerprint density at radius 1 is 1.31 bits per heavy atom. The van der Waals surface area contributed by atoms with Crippen LogP contribution in [0.5, 0.6) is 0 Å². The molecule has 0 bridgehead atoms. The normalized spacial score (nSPS) is 8.38. The lowest BCUT2D eigenvalue weighted by molar-refractivity contribution is -0.605. The first-order valence-corrected chi connectivity index (χ1v) is 3.92. The van der Waals surface area contributed by atoms with Gasteiger partial charge in [-0.1, -0.05) is 13.0 Å². The Morgan fingerprint density at radius 3 is 2.00 bits per heavy atom. The van der Waals surface area contributed by atoms with Crippen molar-refractivity contribution in [3.8, 4) is 0 Å². The summed E-state index contributed by atoms with van der Waals surface area (Å²) >= 11 is 0. The number of hydrogen-bond donors (Lipinski definition) is 0. The van der Waals surface area contributed by atoms with Gasteiger partial charge in [-0.05, 0) is 0 Å². The highest BCUT2D eigenvalue weighted by Gasteiger charge is 1.85. The standard InChI is InChI=1S/C5H5NO.C3H7NO2/c7-6-4-2-1-3-5-6;1-2-3-4(5)6/h1-5H;2-3H2,1H3. The molecule has 0 aliphatic heterocycles. The number of pyridine rings is 1. The fourth-order valence-corrected chi connectivity index (χ4v) is 0.565. The first kappa shape index (κ1) is 11.4. The predicted octanol–water partition coefficient (Wildman–Crippen LogP) is 0.993. The van der Waals surface area contributed by atoms with Gasteiger partial charge >= 0.3 is 0 Å². The third kappa shape index (κ3) is 8.25. The predicted molar refractivity (Wildman–Crippen MR) is 47.6 cm³/mol. The summed E-state index contributed by atoms with van der Waals surface area (Å²) in [7, 11) is 0. The van der Waals surface area contributed by atoms with Crippen molar-refractivity contribution in [2.75, 3.05) is 6.54 Å². The van der Waals surface area contributed by atoms with E-state index >= 15 is 0 Å². The van der Waals surface area contributed by atoms with Crippen LogP contribution >= 0.6 is 0 Å². The van der Waals surface area contributed by atoms with Crippen molar-refractivity contribution in [3.63, 3.8) is 0 Å². The van der Waals surface area contributed by atoms with E-state index in [1.165, 1.54) is 12.4 Å². The van der Waals surface area contributed by atoms with Crippen LogP contribution in [0.15, 0.2) is 30.6 Å². The van der Waals surface area contributed by atoms with Gasteiger partial charge in [0.1, 0.15) is 0 Å². The van der Waals surface area contributed by atoms with E-state index in [0.717, 1.165) is 4.73 Å². The highest BCUT2D eigenvalue weighted by atomic mass is 16.6. The van der Waals surface area contributed by atoms with Crippen molar-refractivity contribution < 1.29 is 9.65 Å². The molecule has 72 valence electrons. The van der Waals surface area contributed by atoms with Crippen LogP contribution in [0.1, 0.15) is 13.3 Å². The van der Waals surface area contributed by atoms with E-state index in [1.54, 1.807) is 25.1 Å². The van der Waals surface area contributed by atoms with E-state index in [0.29, 0.717) is 6.42 Å². The smallest absolute Gasteiger partial charge is 0.203 e. The van der Waals surface area contributed by atoms with Crippen LogP contribution in [0.4, 0.5) is 0 Å². The zero-order chi connectivity index (χ0) is 10.1. The molecular formula is C8H12N2O3. The molecule has 0 aliphatic rings. The third-order valence-electron chi connectivity index (χ3n) is 1.09. The summed E-state index contributed by atoms with van der Waals surface area (Å²) in [6.45, 7) is 1.88. The third-order valence-corrected chi connectivity index (χ3v) is 1.09. The van der Waals surface area contributed by atoms with Gasteiger partial charge in [0.15, 0.2) is 12.4 Å². The zero-order valence-electron chi connectivity index (χ0n) is 7.42. The van der Waals surface area contributed by atoms with Crippen LogP contribution < -0.4 is 4.73 Å². The SMILES string of the molecule is CCC[N+](=O)[O-].[O-][n+]1ccccc1. The average molecular weight is 184 g/mol. The van der Waals surface area contributed by atoms with Crippen LogP contribution in [0.2, 0.25) is 0 Å². The molecule has 0 radical (unpaired) electrons. The van der Waals surface area contributed by atoms with Gasteiger partial charge in [-0.2, -0.15) is 4.73 Å². The Morgan fingerprint density at radius 2 is 1.85 bits per heavy atom. The van der Waals surface area contributed by atoms with Crippen molar-refractivity contribution in [3.05, 3.63) is 45.9 Å². The molecule has 0 unspecified atom stereocenters. The average Bonchev–Trinajstić information content (AvgIpc) is 2.06. The molecule has 1 aromatic rings. The van der Waals surface area contributed by atoms with Crippen LogP contribution in [0.3, 0.4) is 0 Å². The second-order valence-corrected chi connectivity index (χ2v) is 2.29. The molecule has 0 fully saturated rings. The van der Waals surface area contributed by atoms with E-state index in [9.17, 15) is 15.3 Å². The minimum Gasteiger partial charge on any atom is -0.619 e. The molecule has 0 saturated carbocycles. The zero-order valence-corrected chi connectivity index (χ0v) is 7.42. The molecule has 0 atom stereocenters. The van der Waals surface area contributed by atoms with E-state index in [1.807, 2.05) is 0 Å². The van der Waals surface area contributed by atoms with Crippen LogP contribution in [0, 0.1) is 15.3 Å². The number of aromatic nitrogens is 1. The Labute approximate surface area is 76.4 Å². The van der Waals surface area contributed by atoms with Crippen molar-refractivity contribution in [2.24, 2.45) is 0 Å². The molecule has 0 amide bonds. The summed E-state index contributed by atoms with van der Waals surface area (Å²) < 4.78 is 0.750. The topological polar surface area (TPSA) is 70.1 Å². The summed E-state index contributed by atoms with van der Waals surface area (Å²) in [4.78, 5) is 9.09. The maximum atomic E-state index is 10.2. The minimum atomic E-state index is -0.319. The summed E-state index contributed by atoms with van der Waals surface area (Å²) in [5.41, 5.74) is 0. The molecule has 0 spiro atoms. The van der Waals surface area contributed by atoms with E-state index in [-0.39, 0.29) is 11.5 Å². The maximum absolute atomic E-state index is 10.2. The van der Waals surface area contributed by atoms with Crippen molar-refractivity contribution in [1.82, 2.24) is 0 Å². The van der Waals surface area contributed by atoms with E-state index in [4.69, 9.17) is 0 Å². The van der Waals surface area contributed by atoms with Crippen LogP contribution in [-0.2, 0) is 0 Å². The molecule has 0 saturated heterocycles. The molecule has 1 aromatic heterocycles. The molecule has 0 aromatic carbocycles. The largest absolute Gasteiger partial charge is 0.619 e. The monoisotopic (exact) mass is 184 g/mol. The van der Waals surface area contributed by atoms with Gasteiger partial charge < -0.3 is 5.21 Å². The first-order valence-electron chi connectivity index (χ1n) is 3.92. The Bertz CT molecular complexity index is 238. The highest BCUT2D eigenvalue weighted by molar-refractivity contribution is 4.83. The number of hydrogen-bond acceptors (Lipinski definition) is 3. The highest BCUT2D eigenvalue weighted by Crippen LogP contribution is 1.72. The van der Waals surface area contributed by atoms with Crippen molar-refractivity contribution in [1.29, 1.82) is 0 Å². The first-order chi connectivity index (χ1) is 6.16. The molecule has 0 aliphatic carbocycles. The van der Waals surface area contributed by atoms with Gasteiger partial charge in [-0.25, -0.2) is 0 Å². The Kier molecular flexibility index (Phi) is 6.13. The lowest BCUT2D eigenvalue weighted by Gasteiger charge is -1.88. The molecule has 0 N–H and O–H groups in total. The van der Waals surface area contributed by atoms with Gasteiger partial charge in [0.05, 0.1) is 0 Å². The summed E-state index contributed by atoms with van der Waals surface area (Å²) in [6.07, 6.45) is 3.52. The Balaban J connectivity index is 0.000000226. The van der Waals surface area contributed by atoms with E-state index < -0.39 is 0 Å². The molecular weight excluding hydrogens is 172 g/mol. The second-order valence-electron chi connectivity index (χ2n) is 2.29. The molecule has 1 rings (SSSR count). The number of rotatable bonds is 2. The fraction of sp³-hybridized carbons (Fsp3) is 0.375. The Hall–Kier alpha value is -1.65. The molecule has 5 heteroatoms. The summed E-state index contributed by atoms with van der Waals surface area (Å²) in [6, 6.07) is 5.18. The lowest BCUT2D eigenvalue weighted by atomic mass is 10.5. The molecule has 1 heterocycles. The van der Waals surface area contributed by atoms with Crippen molar-refractivity contribution >= 4 is 0 Å². The minimum absolute atomic E-state index is 0.0972. The maximum Gasteiger partial charge on any atom is 0.203 e. The van der Waals surface area contributed by atoms with Gasteiger partial charge in [0.25, 0.3) is 0 Å². The van der Waals surface area contributed by atoms with Gasteiger partial charge in [0.2, 0.25) is 6.54 Å². The number of nitrogens with zero attached hydrogens (tertiary/aromatic N) is 2.